The molecule has 2 N–H and O–H groups in total. The molecule has 0 aliphatic heterocycles. The Kier molecular flexibility index (Phi) is 7.77. The van der Waals surface area contributed by atoms with Gasteiger partial charge in [-0.3, -0.25) is 4.79 Å². The van der Waals surface area contributed by atoms with Crippen LogP contribution < -0.4 is 10.1 Å². The number of nitriles is 1. The van der Waals surface area contributed by atoms with Crippen LogP contribution >= 0.6 is 45.2 Å². The fraction of sp³-hybridized carbons (Fsp3) is 0.130. The van der Waals surface area contributed by atoms with Crippen LogP contribution in [0.1, 0.15) is 11.1 Å². The standard InChI is InChI=1S/C23H17I2N3O2/c1-2-9-30-22-19(24)11-15(12-20(22)25)10-17(13-26)23(29)27-8-7-16-14-28-21-6-4-3-5-18(16)21/h1,3-6,10-12,14,28H,7-9H2,(H,27,29)/b17-10-. The number of hydrogen-bond donors (Lipinski definition) is 2. The highest BCUT2D eigenvalue weighted by Gasteiger charge is 2.12. The summed E-state index contributed by atoms with van der Waals surface area (Å²) in [6, 6.07) is 13.7. The zero-order valence-electron chi connectivity index (χ0n) is 15.8. The average Bonchev–Trinajstić information content (AvgIpc) is 3.14. The lowest BCUT2D eigenvalue weighted by Gasteiger charge is -2.09. The second-order valence-corrected chi connectivity index (χ2v) is 8.67. The van der Waals surface area contributed by atoms with Crippen molar-refractivity contribution in [1.29, 1.82) is 5.26 Å². The predicted octanol–water partition coefficient (Wildman–Crippen LogP) is 4.65. The van der Waals surface area contributed by atoms with Gasteiger partial charge in [0, 0.05) is 23.6 Å². The molecule has 1 heterocycles. The summed E-state index contributed by atoms with van der Waals surface area (Å²) in [5.41, 5.74) is 2.99. The number of nitrogens with zero attached hydrogens (tertiary/aromatic N) is 1. The Hall–Kier alpha value is -2.50. The highest BCUT2D eigenvalue weighted by molar-refractivity contribution is 14.1. The smallest absolute Gasteiger partial charge is 0.261 e. The number of hydrogen-bond acceptors (Lipinski definition) is 3. The lowest BCUT2D eigenvalue weighted by molar-refractivity contribution is -0.117. The second kappa shape index (κ2) is 10.5. The number of rotatable bonds is 7. The number of nitrogens with one attached hydrogen (secondary N) is 2. The Morgan fingerprint density at radius 1 is 1.27 bits per heavy atom. The van der Waals surface area contributed by atoms with E-state index in [-0.39, 0.29) is 12.2 Å². The van der Waals surface area contributed by atoms with E-state index in [1.165, 1.54) is 0 Å². The number of halogens is 2. The third-order valence-corrected chi connectivity index (χ3v) is 5.95. The van der Waals surface area contributed by atoms with Gasteiger partial charge >= 0.3 is 0 Å². The molecule has 3 aromatic rings. The molecule has 0 aliphatic rings. The van der Waals surface area contributed by atoms with Gasteiger partial charge in [0.1, 0.15) is 24.0 Å². The summed E-state index contributed by atoms with van der Waals surface area (Å²) in [6.45, 7) is 0.622. The molecule has 2 aromatic carbocycles. The number of carbonyl (C=O) groups is 1. The Labute approximate surface area is 202 Å². The number of aromatic amines is 1. The number of amides is 1. The number of benzene rings is 2. The maximum Gasteiger partial charge on any atom is 0.261 e. The summed E-state index contributed by atoms with van der Waals surface area (Å²) in [7, 11) is 0. The predicted molar refractivity (Wildman–Crippen MR) is 135 cm³/mol. The molecule has 0 aliphatic carbocycles. The van der Waals surface area contributed by atoms with Gasteiger partial charge in [-0.15, -0.1) is 6.42 Å². The van der Waals surface area contributed by atoms with Crippen molar-refractivity contribution in [3.05, 3.63) is 66.4 Å². The highest BCUT2D eigenvalue weighted by Crippen LogP contribution is 2.29. The van der Waals surface area contributed by atoms with Crippen molar-refractivity contribution >= 4 is 68.1 Å². The molecular weight excluding hydrogens is 604 g/mol. The van der Waals surface area contributed by atoms with Crippen LogP contribution in [0.3, 0.4) is 0 Å². The maximum absolute atomic E-state index is 12.5. The fourth-order valence-electron chi connectivity index (χ4n) is 2.97. The third-order valence-electron chi connectivity index (χ3n) is 4.35. The number of carbonyl (C=O) groups excluding carboxylic acids is 1. The van der Waals surface area contributed by atoms with E-state index in [0.717, 1.165) is 29.2 Å². The summed E-state index contributed by atoms with van der Waals surface area (Å²) in [6.07, 6.45) is 9.45. The van der Waals surface area contributed by atoms with Crippen LogP contribution in [0.25, 0.3) is 17.0 Å². The molecule has 150 valence electrons. The van der Waals surface area contributed by atoms with Crippen LogP contribution in [0.15, 0.2) is 48.2 Å². The minimum absolute atomic E-state index is 0.0535. The van der Waals surface area contributed by atoms with Crippen LogP contribution in [-0.2, 0) is 11.2 Å². The minimum atomic E-state index is -0.394. The van der Waals surface area contributed by atoms with E-state index in [9.17, 15) is 10.1 Å². The molecule has 1 amide bonds. The Balaban J connectivity index is 1.68. The first kappa shape index (κ1) is 22.2. The van der Waals surface area contributed by atoms with Crippen LogP contribution in [-0.4, -0.2) is 24.0 Å². The van der Waals surface area contributed by atoms with E-state index in [0.29, 0.717) is 18.7 Å². The maximum atomic E-state index is 12.5. The number of fused-ring (bicyclic) bond motifs is 1. The monoisotopic (exact) mass is 621 g/mol. The number of aromatic nitrogens is 1. The highest BCUT2D eigenvalue weighted by atomic mass is 127. The van der Waals surface area contributed by atoms with Gasteiger partial charge in [-0.25, -0.2) is 0 Å². The number of H-pyrrole nitrogens is 1. The van der Waals surface area contributed by atoms with E-state index >= 15 is 0 Å². The zero-order chi connectivity index (χ0) is 21.5. The summed E-state index contributed by atoms with van der Waals surface area (Å²) < 4.78 is 7.27. The third kappa shape index (κ3) is 5.35. The Morgan fingerprint density at radius 2 is 2.00 bits per heavy atom. The quantitative estimate of drug-likeness (QED) is 0.175. The molecule has 3 rings (SSSR count). The second-order valence-electron chi connectivity index (χ2n) is 6.34. The van der Waals surface area contributed by atoms with E-state index in [2.05, 4.69) is 61.4 Å². The molecule has 30 heavy (non-hydrogen) atoms. The molecule has 0 atom stereocenters. The van der Waals surface area contributed by atoms with E-state index in [1.807, 2.05) is 48.7 Å². The average molecular weight is 621 g/mol. The zero-order valence-corrected chi connectivity index (χ0v) is 20.2. The lowest BCUT2D eigenvalue weighted by Crippen LogP contribution is -2.26. The first-order valence-electron chi connectivity index (χ1n) is 9.03. The molecule has 0 bridgehead atoms. The molecule has 0 spiro atoms. The van der Waals surface area contributed by atoms with Gasteiger partial charge in [-0.2, -0.15) is 5.26 Å². The lowest BCUT2D eigenvalue weighted by atomic mass is 10.1. The van der Waals surface area contributed by atoms with Crippen LogP contribution in [0.5, 0.6) is 5.75 Å². The van der Waals surface area contributed by atoms with E-state index in [1.54, 1.807) is 6.08 Å². The number of terminal acetylenes is 1. The van der Waals surface area contributed by atoms with Crippen molar-refractivity contribution in [2.45, 2.75) is 6.42 Å². The molecule has 0 saturated heterocycles. The van der Waals surface area contributed by atoms with Crippen molar-refractivity contribution in [2.75, 3.05) is 13.2 Å². The summed E-state index contributed by atoms with van der Waals surface area (Å²) in [5, 5.41) is 13.4. The van der Waals surface area contributed by atoms with Gasteiger partial charge in [0.2, 0.25) is 0 Å². The fourth-order valence-corrected chi connectivity index (χ4v) is 5.10. The van der Waals surface area contributed by atoms with Gasteiger partial charge in [0.25, 0.3) is 5.91 Å². The number of para-hydroxylation sites is 1. The Bertz CT molecular complexity index is 1180. The van der Waals surface area contributed by atoms with Gasteiger partial charge < -0.3 is 15.0 Å². The van der Waals surface area contributed by atoms with Crippen LogP contribution in [0, 0.1) is 30.8 Å². The van der Waals surface area contributed by atoms with Crippen molar-refractivity contribution in [1.82, 2.24) is 10.3 Å². The number of ether oxygens (including phenoxy) is 1. The molecule has 1 aromatic heterocycles. The SMILES string of the molecule is C#CCOc1c(I)cc(/C=C(/C#N)C(=O)NCCc2c[nH]c3ccccc23)cc1I. The first-order valence-corrected chi connectivity index (χ1v) is 11.2. The van der Waals surface area contributed by atoms with Gasteiger partial charge in [-0.1, -0.05) is 24.1 Å². The van der Waals surface area contributed by atoms with E-state index < -0.39 is 5.91 Å². The summed E-state index contributed by atoms with van der Waals surface area (Å²) >= 11 is 4.30. The topological polar surface area (TPSA) is 77.9 Å². The van der Waals surface area contributed by atoms with Crippen molar-refractivity contribution < 1.29 is 9.53 Å². The Morgan fingerprint density at radius 3 is 2.70 bits per heavy atom. The molecule has 7 heteroatoms. The minimum Gasteiger partial charge on any atom is -0.479 e. The molecule has 0 radical (unpaired) electrons. The molecule has 0 saturated carbocycles. The van der Waals surface area contributed by atoms with Gasteiger partial charge in [0.15, 0.2) is 0 Å². The molecule has 0 unspecified atom stereocenters. The van der Waals surface area contributed by atoms with Crippen molar-refractivity contribution in [3.8, 4) is 24.2 Å². The molecule has 0 fully saturated rings. The van der Waals surface area contributed by atoms with Crippen LogP contribution in [0.4, 0.5) is 0 Å². The van der Waals surface area contributed by atoms with Gasteiger partial charge in [0.05, 0.1) is 7.14 Å². The normalized spacial score (nSPS) is 11.0. The largest absolute Gasteiger partial charge is 0.479 e. The van der Waals surface area contributed by atoms with Crippen molar-refractivity contribution in [2.24, 2.45) is 0 Å². The van der Waals surface area contributed by atoms with E-state index in [4.69, 9.17) is 11.2 Å². The van der Waals surface area contributed by atoms with Crippen molar-refractivity contribution in [3.63, 3.8) is 0 Å². The summed E-state index contributed by atoms with van der Waals surface area (Å²) in [4.78, 5) is 15.7. The molecule has 5 nitrogen and oxygen atoms in total. The van der Waals surface area contributed by atoms with Gasteiger partial charge in [-0.05, 0) is 87.0 Å². The summed E-state index contributed by atoms with van der Waals surface area (Å²) in [5.74, 6) is 2.75. The first-order chi connectivity index (χ1) is 14.5. The molecular formula is C23H17I2N3O2. The van der Waals surface area contributed by atoms with Crippen LogP contribution in [0.2, 0.25) is 0 Å².